The van der Waals surface area contributed by atoms with Crippen molar-refractivity contribution in [3.05, 3.63) is 23.8 Å². The van der Waals surface area contributed by atoms with E-state index in [0.29, 0.717) is 11.6 Å². The Labute approximate surface area is 132 Å². The van der Waals surface area contributed by atoms with Crippen LogP contribution in [-0.2, 0) is 0 Å². The lowest BCUT2D eigenvalue weighted by atomic mass is 10.2. The molecule has 2 aromatic rings. The van der Waals surface area contributed by atoms with Crippen molar-refractivity contribution in [3.63, 3.8) is 0 Å². The Morgan fingerprint density at radius 2 is 2.05 bits per heavy atom. The fourth-order valence-corrected chi connectivity index (χ4v) is 4.20. The number of benzene rings is 1. The summed E-state index contributed by atoms with van der Waals surface area (Å²) < 4.78 is 1.92. The average molecular weight is 317 g/mol. The maximum atomic E-state index is 9.40. The molecule has 1 aromatic carbocycles. The standard InChI is InChI=1S/C14H15N5S2/c1-20-12-7-4-8-13(11(12)9-15)21-14-16-17-18-19(14)10-5-2-3-6-10/h4,7-8,10H,2-3,5-6H2,1H3. The zero-order valence-corrected chi connectivity index (χ0v) is 13.3. The summed E-state index contributed by atoms with van der Waals surface area (Å²) in [6.07, 6.45) is 6.72. The van der Waals surface area contributed by atoms with E-state index >= 15 is 0 Å². The summed E-state index contributed by atoms with van der Waals surface area (Å²) in [6, 6.07) is 8.59. The Balaban J connectivity index is 1.91. The van der Waals surface area contributed by atoms with Crippen LogP contribution in [0.5, 0.6) is 0 Å². The lowest BCUT2D eigenvalue weighted by molar-refractivity contribution is 0.423. The van der Waals surface area contributed by atoms with Gasteiger partial charge in [0.2, 0.25) is 5.16 Å². The van der Waals surface area contributed by atoms with Crippen molar-refractivity contribution in [2.75, 3.05) is 6.26 Å². The number of rotatable bonds is 4. The van der Waals surface area contributed by atoms with E-state index in [4.69, 9.17) is 0 Å². The smallest absolute Gasteiger partial charge is 0.214 e. The second-order valence-electron chi connectivity index (χ2n) is 4.89. The molecule has 108 valence electrons. The van der Waals surface area contributed by atoms with Crippen LogP contribution in [-0.4, -0.2) is 26.5 Å². The monoisotopic (exact) mass is 317 g/mol. The lowest BCUT2D eigenvalue weighted by Gasteiger charge is -2.11. The average Bonchev–Trinajstić information content (AvgIpc) is 3.17. The van der Waals surface area contributed by atoms with Crippen LogP contribution in [0.25, 0.3) is 0 Å². The van der Waals surface area contributed by atoms with Gasteiger partial charge in [0.15, 0.2) is 0 Å². The Kier molecular flexibility index (Phi) is 4.46. The first kappa shape index (κ1) is 14.4. The molecule has 7 heteroatoms. The largest absolute Gasteiger partial charge is 0.217 e. The molecule has 0 saturated heterocycles. The van der Waals surface area contributed by atoms with E-state index in [0.717, 1.165) is 27.8 Å². The van der Waals surface area contributed by atoms with Gasteiger partial charge in [0, 0.05) is 9.79 Å². The van der Waals surface area contributed by atoms with Gasteiger partial charge in [-0.2, -0.15) is 5.26 Å². The van der Waals surface area contributed by atoms with Crippen molar-refractivity contribution in [2.45, 2.75) is 46.7 Å². The van der Waals surface area contributed by atoms with Crippen LogP contribution in [0.4, 0.5) is 0 Å². The molecule has 0 radical (unpaired) electrons. The van der Waals surface area contributed by atoms with Crippen LogP contribution in [0, 0.1) is 11.3 Å². The summed E-state index contributed by atoms with van der Waals surface area (Å²) in [5, 5.41) is 22.3. The first-order valence-corrected chi connectivity index (χ1v) is 8.90. The highest BCUT2D eigenvalue weighted by Gasteiger charge is 2.22. The van der Waals surface area contributed by atoms with Crippen molar-refractivity contribution < 1.29 is 0 Å². The van der Waals surface area contributed by atoms with Crippen LogP contribution in [0.3, 0.4) is 0 Å². The third-order valence-electron chi connectivity index (χ3n) is 3.65. The molecular formula is C14H15N5S2. The predicted octanol–water partition coefficient (Wildman–Crippen LogP) is 3.53. The fourth-order valence-electron chi connectivity index (χ4n) is 2.61. The van der Waals surface area contributed by atoms with Crippen molar-refractivity contribution in [2.24, 2.45) is 0 Å². The van der Waals surface area contributed by atoms with Crippen LogP contribution in [0.2, 0.25) is 0 Å². The van der Waals surface area contributed by atoms with Gasteiger partial charge in [-0.05, 0) is 53.4 Å². The van der Waals surface area contributed by atoms with Gasteiger partial charge >= 0.3 is 0 Å². The summed E-state index contributed by atoms with van der Waals surface area (Å²) in [5.74, 6) is 0. The molecule has 3 rings (SSSR count). The summed E-state index contributed by atoms with van der Waals surface area (Å²) in [5.41, 5.74) is 0.705. The van der Waals surface area contributed by atoms with Gasteiger partial charge in [0.05, 0.1) is 11.6 Å². The fraction of sp³-hybridized carbons (Fsp3) is 0.429. The summed E-state index contributed by atoms with van der Waals surface area (Å²) in [6.45, 7) is 0. The number of nitriles is 1. The minimum atomic E-state index is 0.400. The Morgan fingerprint density at radius 3 is 2.76 bits per heavy atom. The molecule has 0 N–H and O–H groups in total. The summed E-state index contributed by atoms with van der Waals surface area (Å²) in [4.78, 5) is 1.90. The van der Waals surface area contributed by atoms with E-state index in [9.17, 15) is 5.26 Å². The topological polar surface area (TPSA) is 67.4 Å². The van der Waals surface area contributed by atoms with E-state index in [-0.39, 0.29) is 0 Å². The minimum Gasteiger partial charge on any atom is -0.217 e. The quantitative estimate of drug-likeness (QED) is 0.804. The van der Waals surface area contributed by atoms with Crippen LogP contribution < -0.4 is 0 Å². The molecule has 5 nitrogen and oxygen atoms in total. The Hall–Kier alpha value is -1.52. The molecular weight excluding hydrogens is 302 g/mol. The molecule has 1 aliphatic rings. The highest BCUT2D eigenvalue weighted by atomic mass is 32.2. The molecule has 0 amide bonds. The van der Waals surface area contributed by atoms with Crippen LogP contribution >= 0.6 is 23.5 Å². The molecule has 0 aliphatic heterocycles. The number of hydrogen-bond donors (Lipinski definition) is 0. The van der Waals surface area contributed by atoms with Crippen molar-refractivity contribution >= 4 is 23.5 Å². The Bertz CT molecular complexity index is 670. The van der Waals surface area contributed by atoms with Crippen LogP contribution in [0.15, 0.2) is 33.1 Å². The van der Waals surface area contributed by atoms with Gasteiger partial charge < -0.3 is 0 Å². The third kappa shape index (κ3) is 2.92. The van der Waals surface area contributed by atoms with E-state index < -0.39 is 0 Å². The van der Waals surface area contributed by atoms with Gasteiger partial charge in [0.1, 0.15) is 6.07 Å². The Morgan fingerprint density at radius 1 is 1.29 bits per heavy atom. The van der Waals surface area contributed by atoms with Gasteiger partial charge in [-0.25, -0.2) is 4.68 Å². The number of tetrazole rings is 1. The van der Waals surface area contributed by atoms with E-state index in [1.165, 1.54) is 24.6 Å². The summed E-state index contributed by atoms with van der Waals surface area (Å²) in [7, 11) is 0. The first-order chi connectivity index (χ1) is 10.3. The third-order valence-corrected chi connectivity index (χ3v) is 5.45. The second kappa shape index (κ2) is 6.50. The van der Waals surface area contributed by atoms with Gasteiger partial charge in [0.25, 0.3) is 0 Å². The zero-order chi connectivity index (χ0) is 14.7. The second-order valence-corrected chi connectivity index (χ2v) is 6.75. The molecule has 21 heavy (non-hydrogen) atoms. The highest BCUT2D eigenvalue weighted by molar-refractivity contribution is 7.99. The highest BCUT2D eigenvalue weighted by Crippen LogP contribution is 2.36. The molecule has 0 bridgehead atoms. The SMILES string of the molecule is CSc1cccc(Sc2nnnn2C2CCCC2)c1C#N. The number of aromatic nitrogens is 4. The molecule has 1 fully saturated rings. The molecule has 1 aliphatic carbocycles. The number of hydrogen-bond acceptors (Lipinski definition) is 6. The number of nitrogens with zero attached hydrogens (tertiary/aromatic N) is 5. The molecule has 0 unspecified atom stereocenters. The predicted molar refractivity (Wildman–Crippen MR) is 82.4 cm³/mol. The zero-order valence-electron chi connectivity index (χ0n) is 11.7. The van der Waals surface area contributed by atoms with Crippen molar-refractivity contribution in [1.29, 1.82) is 5.26 Å². The van der Waals surface area contributed by atoms with Gasteiger partial charge in [-0.1, -0.05) is 18.9 Å². The maximum Gasteiger partial charge on any atom is 0.214 e. The maximum absolute atomic E-state index is 9.40. The first-order valence-electron chi connectivity index (χ1n) is 6.86. The minimum absolute atomic E-state index is 0.400. The lowest BCUT2D eigenvalue weighted by Crippen LogP contribution is -2.08. The van der Waals surface area contributed by atoms with E-state index in [2.05, 4.69) is 21.6 Å². The molecule has 1 saturated carbocycles. The molecule has 0 spiro atoms. The van der Waals surface area contributed by atoms with Crippen molar-refractivity contribution in [3.8, 4) is 6.07 Å². The van der Waals surface area contributed by atoms with Crippen LogP contribution in [0.1, 0.15) is 37.3 Å². The van der Waals surface area contributed by atoms with Gasteiger partial charge in [-0.15, -0.1) is 16.9 Å². The normalized spacial score (nSPS) is 15.2. The van der Waals surface area contributed by atoms with Crippen molar-refractivity contribution in [1.82, 2.24) is 20.2 Å². The summed E-state index contributed by atoms with van der Waals surface area (Å²) >= 11 is 3.06. The van der Waals surface area contributed by atoms with E-state index in [1.807, 2.05) is 29.1 Å². The molecule has 1 aromatic heterocycles. The molecule has 1 heterocycles. The molecule has 0 atom stereocenters. The van der Waals surface area contributed by atoms with E-state index in [1.54, 1.807) is 11.8 Å². The van der Waals surface area contributed by atoms with Gasteiger partial charge in [-0.3, -0.25) is 0 Å². The number of thioether (sulfide) groups is 1.